The van der Waals surface area contributed by atoms with E-state index in [9.17, 15) is 5.11 Å². The van der Waals surface area contributed by atoms with Gasteiger partial charge in [0.25, 0.3) is 0 Å². The van der Waals surface area contributed by atoms with Crippen LogP contribution in [0.5, 0.6) is 0 Å². The first-order valence-electron chi connectivity index (χ1n) is 5.35. The molecule has 1 heterocycles. The van der Waals surface area contributed by atoms with Crippen LogP contribution < -0.4 is 0 Å². The van der Waals surface area contributed by atoms with E-state index in [0.717, 1.165) is 10.5 Å². The van der Waals surface area contributed by atoms with Gasteiger partial charge in [-0.2, -0.15) is 4.98 Å². The Balaban J connectivity index is 1.95. The van der Waals surface area contributed by atoms with Crippen molar-refractivity contribution in [3.05, 3.63) is 41.5 Å². The summed E-state index contributed by atoms with van der Waals surface area (Å²) in [7, 11) is 0. The van der Waals surface area contributed by atoms with Crippen LogP contribution in [0.2, 0.25) is 0 Å². The Labute approximate surface area is 104 Å². The maximum atomic E-state index is 9.39. The lowest BCUT2D eigenvalue weighted by molar-refractivity contribution is 0.199. The van der Waals surface area contributed by atoms with Crippen LogP contribution in [0, 0.1) is 6.92 Å². The summed E-state index contributed by atoms with van der Waals surface area (Å²) in [5, 5.41) is 13.2. The maximum absolute atomic E-state index is 9.39. The Morgan fingerprint density at radius 2 is 2.06 bits per heavy atom. The van der Waals surface area contributed by atoms with E-state index in [2.05, 4.69) is 10.1 Å². The van der Waals surface area contributed by atoms with E-state index in [1.807, 2.05) is 24.3 Å². The first-order chi connectivity index (χ1) is 8.15. The largest absolute Gasteiger partial charge is 0.389 e. The second-order valence-electron chi connectivity index (χ2n) is 3.76. The van der Waals surface area contributed by atoms with E-state index in [1.165, 1.54) is 0 Å². The Hall–Kier alpha value is -1.33. The summed E-state index contributed by atoms with van der Waals surface area (Å²) in [5.41, 5.74) is 0.921. The average molecular weight is 250 g/mol. The number of rotatable bonds is 4. The number of hydrogen-bond acceptors (Lipinski definition) is 5. The van der Waals surface area contributed by atoms with E-state index >= 15 is 0 Å². The van der Waals surface area contributed by atoms with Crippen LogP contribution in [0.1, 0.15) is 30.3 Å². The lowest BCUT2D eigenvalue weighted by Crippen LogP contribution is -1.90. The van der Waals surface area contributed by atoms with E-state index < -0.39 is 6.10 Å². The predicted molar refractivity (Wildman–Crippen MR) is 65.7 cm³/mol. The molecule has 0 radical (unpaired) electrons. The molecule has 1 N–H and O–H groups in total. The predicted octanol–water partition coefficient (Wildman–Crippen LogP) is 2.72. The summed E-state index contributed by atoms with van der Waals surface area (Å²) in [6.07, 6.45) is -0.422. The number of aromatic nitrogens is 2. The standard InChI is InChI=1S/C12H14N2O2S/c1-8(15)10-3-5-11(6-4-10)17-7-12-13-9(2)16-14-12/h3-6,8,15H,7H2,1-2H3. The molecule has 0 aliphatic rings. The second kappa shape index (κ2) is 5.33. The van der Waals surface area contributed by atoms with E-state index in [4.69, 9.17) is 4.52 Å². The Kier molecular flexibility index (Phi) is 3.81. The monoisotopic (exact) mass is 250 g/mol. The molecule has 0 saturated heterocycles. The van der Waals surface area contributed by atoms with Gasteiger partial charge in [0.1, 0.15) is 0 Å². The zero-order valence-corrected chi connectivity index (χ0v) is 10.6. The van der Waals surface area contributed by atoms with Crippen LogP contribution in [-0.4, -0.2) is 15.2 Å². The summed E-state index contributed by atoms with van der Waals surface area (Å²) in [6.45, 7) is 3.53. The van der Waals surface area contributed by atoms with E-state index in [1.54, 1.807) is 25.6 Å². The first-order valence-corrected chi connectivity index (χ1v) is 6.34. The van der Waals surface area contributed by atoms with Gasteiger partial charge in [0.05, 0.1) is 11.9 Å². The molecule has 0 saturated carbocycles. The highest BCUT2D eigenvalue weighted by Crippen LogP contribution is 2.23. The highest BCUT2D eigenvalue weighted by Gasteiger charge is 2.04. The minimum absolute atomic E-state index is 0.422. The smallest absolute Gasteiger partial charge is 0.223 e. The van der Waals surface area contributed by atoms with Crippen molar-refractivity contribution in [3.63, 3.8) is 0 Å². The number of thioether (sulfide) groups is 1. The van der Waals surface area contributed by atoms with Crippen LogP contribution in [-0.2, 0) is 5.75 Å². The van der Waals surface area contributed by atoms with Gasteiger partial charge in [0.2, 0.25) is 5.89 Å². The molecular weight excluding hydrogens is 236 g/mol. The molecule has 0 bridgehead atoms. The van der Waals surface area contributed by atoms with Crippen molar-refractivity contribution in [1.82, 2.24) is 10.1 Å². The number of nitrogens with zero attached hydrogens (tertiary/aromatic N) is 2. The van der Waals surface area contributed by atoms with Crippen molar-refractivity contribution in [2.45, 2.75) is 30.6 Å². The Morgan fingerprint density at radius 1 is 1.35 bits per heavy atom. The zero-order chi connectivity index (χ0) is 12.3. The number of aliphatic hydroxyl groups excluding tert-OH is 1. The molecular formula is C12H14N2O2S. The summed E-state index contributed by atoms with van der Waals surface area (Å²) < 4.78 is 4.90. The van der Waals surface area contributed by atoms with E-state index in [-0.39, 0.29) is 0 Å². The first kappa shape index (κ1) is 12.1. The lowest BCUT2D eigenvalue weighted by Gasteiger charge is -2.05. The second-order valence-corrected chi connectivity index (χ2v) is 4.81. The lowest BCUT2D eigenvalue weighted by atomic mass is 10.1. The fraction of sp³-hybridized carbons (Fsp3) is 0.333. The van der Waals surface area contributed by atoms with Gasteiger partial charge in [-0.1, -0.05) is 17.3 Å². The molecule has 17 heavy (non-hydrogen) atoms. The van der Waals surface area contributed by atoms with Gasteiger partial charge in [0.15, 0.2) is 5.82 Å². The molecule has 1 aromatic heterocycles. The summed E-state index contributed by atoms with van der Waals surface area (Å²) in [4.78, 5) is 5.26. The third-order valence-corrected chi connectivity index (χ3v) is 3.31. The minimum Gasteiger partial charge on any atom is -0.389 e. The molecule has 0 aliphatic heterocycles. The molecule has 2 aromatic rings. The van der Waals surface area contributed by atoms with Crippen molar-refractivity contribution < 1.29 is 9.63 Å². The quantitative estimate of drug-likeness (QED) is 0.845. The summed E-state index contributed by atoms with van der Waals surface area (Å²) in [5.74, 6) is 1.97. The number of aryl methyl sites for hydroxylation is 1. The van der Waals surface area contributed by atoms with Crippen molar-refractivity contribution in [2.24, 2.45) is 0 Å². The molecule has 90 valence electrons. The molecule has 1 atom stereocenters. The van der Waals surface area contributed by atoms with Crippen molar-refractivity contribution >= 4 is 11.8 Å². The van der Waals surface area contributed by atoms with Crippen LogP contribution >= 0.6 is 11.8 Å². The molecule has 2 rings (SSSR count). The normalized spacial score (nSPS) is 12.6. The third-order valence-electron chi connectivity index (χ3n) is 2.30. The van der Waals surface area contributed by atoms with Gasteiger partial charge in [-0.3, -0.25) is 0 Å². The van der Waals surface area contributed by atoms with Crippen LogP contribution in [0.25, 0.3) is 0 Å². The van der Waals surface area contributed by atoms with Crippen LogP contribution in [0.3, 0.4) is 0 Å². The molecule has 0 amide bonds. The van der Waals surface area contributed by atoms with Crippen molar-refractivity contribution in [1.29, 1.82) is 0 Å². The summed E-state index contributed by atoms with van der Waals surface area (Å²) in [6, 6.07) is 7.82. The zero-order valence-electron chi connectivity index (χ0n) is 9.75. The average Bonchev–Trinajstić information content (AvgIpc) is 2.73. The van der Waals surface area contributed by atoms with Gasteiger partial charge in [-0.05, 0) is 24.6 Å². The number of hydrogen-bond donors (Lipinski definition) is 1. The fourth-order valence-electron chi connectivity index (χ4n) is 1.39. The Morgan fingerprint density at radius 3 is 2.59 bits per heavy atom. The number of aliphatic hydroxyl groups is 1. The molecule has 1 unspecified atom stereocenters. The van der Waals surface area contributed by atoms with E-state index in [0.29, 0.717) is 17.5 Å². The molecule has 5 heteroatoms. The Bertz CT molecular complexity index is 480. The van der Waals surface area contributed by atoms with Gasteiger partial charge in [-0.15, -0.1) is 11.8 Å². The fourth-order valence-corrected chi connectivity index (χ4v) is 2.13. The van der Waals surface area contributed by atoms with Gasteiger partial charge in [-0.25, -0.2) is 0 Å². The molecule has 0 spiro atoms. The van der Waals surface area contributed by atoms with Gasteiger partial charge < -0.3 is 9.63 Å². The minimum atomic E-state index is -0.422. The maximum Gasteiger partial charge on any atom is 0.223 e. The topological polar surface area (TPSA) is 59.2 Å². The molecule has 0 aliphatic carbocycles. The molecule has 4 nitrogen and oxygen atoms in total. The highest BCUT2D eigenvalue weighted by atomic mass is 32.2. The van der Waals surface area contributed by atoms with Crippen LogP contribution in [0.4, 0.5) is 0 Å². The SMILES string of the molecule is Cc1nc(CSc2ccc(C(C)O)cc2)no1. The molecule has 0 fully saturated rings. The highest BCUT2D eigenvalue weighted by molar-refractivity contribution is 7.98. The van der Waals surface area contributed by atoms with Crippen LogP contribution in [0.15, 0.2) is 33.7 Å². The van der Waals surface area contributed by atoms with Gasteiger partial charge in [0, 0.05) is 11.8 Å². The van der Waals surface area contributed by atoms with Gasteiger partial charge >= 0.3 is 0 Å². The van der Waals surface area contributed by atoms with Crippen molar-refractivity contribution in [2.75, 3.05) is 0 Å². The number of benzene rings is 1. The molecule has 1 aromatic carbocycles. The van der Waals surface area contributed by atoms with Crippen molar-refractivity contribution in [3.8, 4) is 0 Å². The third kappa shape index (κ3) is 3.31. The summed E-state index contributed by atoms with van der Waals surface area (Å²) >= 11 is 1.64.